The van der Waals surface area contributed by atoms with Gasteiger partial charge in [-0.15, -0.1) is 0 Å². The lowest BCUT2D eigenvalue weighted by Crippen LogP contribution is -2.16. The normalized spacial score (nSPS) is 13.0. The summed E-state index contributed by atoms with van der Waals surface area (Å²) in [7, 11) is 0. The molecule has 1 N–H and O–H groups in total. The summed E-state index contributed by atoms with van der Waals surface area (Å²) in [5.74, 6) is 1.60. The molecule has 2 aromatic carbocycles. The number of hydrogen-bond donors (Lipinski definition) is 1. The second-order valence-electron chi connectivity index (χ2n) is 6.66. The SMILES string of the molecule is Cc1ccc(C)c(Nc2nc(C)cc(N3CCc4ccccc43)n2)c1. The molecule has 0 unspecified atom stereocenters. The van der Waals surface area contributed by atoms with Crippen molar-refractivity contribution in [2.75, 3.05) is 16.8 Å². The third kappa shape index (κ3) is 3.07. The molecule has 0 bridgehead atoms. The van der Waals surface area contributed by atoms with Gasteiger partial charge in [-0.05, 0) is 56.0 Å². The number of aromatic nitrogens is 2. The van der Waals surface area contributed by atoms with Gasteiger partial charge < -0.3 is 10.2 Å². The number of benzene rings is 2. The zero-order valence-electron chi connectivity index (χ0n) is 14.9. The fourth-order valence-electron chi connectivity index (χ4n) is 3.31. The van der Waals surface area contributed by atoms with Crippen molar-refractivity contribution < 1.29 is 0 Å². The van der Waals surface area contributed by atoms with Crippen LogP contribution in [0.1, 0.15) is 22.4 Å². The average molecular weight is 330 g/mol. The zero-order chi connectivity index (χ0) is 17.4. The van der Waals surface area contributed by atoms with E-state index in [4.69, 9.17) is 4.98 Å². The third-order valence-corrected chi connectivity index (χ3v) is 4.64. The van der Waals surface area contributed by atoms with Gasteiger partial charge >= 0.3 is 0 Å². The van der Waals surface area contributed by atoms with Crippen molar-refractivity contribution in [3.8, 4) is 0 Å². The number of fused-ring (bicyclic) bond motifs is 1. The highest BCUT2D eigenvalue weighted by Crippen LogP contribution is 2.34. The summed E-state index contributed by atoms with van der Waals surface area (Å²) >= 11 is 0. The number of nitrogens with one attached hydrogen (secondary N) is 1. The first-order chi connectivity index (χ1) is 12.1. The Balaban J connectivity index is 1.69. The van der Waals surface area contributed by atoms with E-state index >= 15 is 0 Å². The molecule has 126 valence electrons. The van der Waals surface area contributed by atoms with Crippen LogP contribution in [0.5, 0.6) is 0 Å². The topological polar surface area (TPSA) is 41.1 Å². The number of aryl methyl sites for hydroxylation is 3. The number of rotatable bonds is 3. The molecule has 0 saturated heterocycles. The maximum Gasteiger partial charge on any atom is 0.229 e. The summed E-state index contributed by atoms with van der Waals surface area (Å²) < 4.78 is 0. The van der Waals surface area contributed by atoms with Gasteiger partial charge in [-0.25, -0.2) is 4.98 Å². The lowest BCUT2D eigenvalue weighted by molar-refractivity contribution is 0.959. The molecule has 0 fully saturated rings. The van der Waals surface area contributed by atoms with Gasteiger partial charge in [0.15, 0.2) is 0 Å². The molecule has 0 radical (unpaired) electrons. The average Bonchev–Trinajstić information content (AvgIpc) is 3.02. The van der Waals surface area contributed by atoms with Gasteiger partial charge in [0.05, 0.1) is 0 Å². The maximum absolute atomic E-state index is 4.78. The van der Waals surface area contributed by atoms with Gasteiger partial charge in [-0.1, -0.05) is 30.3 Å². The van der Waals surface area contributed by atoms with E-state index in [2.05, 4.69) is 77.6 Å². The van der Waals surface area contributed by atoms with Crippen LogP contribution in [0.15, 0.2) is 48.5 Å². The van der Waals surface area contributed by atoms with Gasteiger partial charge in [0, 0.05) is 29.7 Å². The van der Waals surface area contributed by atoms with E-state index in [1.54, 1.807) is 0 Å². The van der Waals surface area contributed by atoms with Gasteiger partial charge in [0.1, 0.15) is 5.82 Å². The standard InChI is InChI=1S/C21H22N4/c1-14-8-9-15(2)18(12-14)23-21-22-16(3)13-20(24-21)25-11-10-17-6-4-5-7-19(17)25/h4-9,12-13H,10-11H2,1-3H3,(H,22,23,24). The predicted molar refractivity (Wildman–Crippen MR) is 103 cm³/mol. The van der Waals surface area contributed by atoms with E-state index in [0.717, 1.165) is 30.2 Å². The molecule has 4 rings (SSSR count). The van der Waals surface area contributed by atoms with Crippen molar-refractivity contribution in [2.24, 2.45) is 0 Å². The van der Waals surface area contributed by atoms with E-state index in [1.165, 1.54) is 22.4 Å². The molecule has 0 atom stereocenters. The summed E-state index contributed by atoms with van der Waals surface area (Å²) in [5.41, 5.74) is 7.04. The van der Waals surface area contributed by atoms with Crippen LogP contribution in [-0.4, -0.2) is 16.5 Å². The van der Waals surface area contributed by atoms with Crippen LogP contribution in [0.4, 0.5) is 23.1 Å². The number of hydrogen-bond acceptors (Lipinski definition) is 4. The highest BCUT2D eigenvalue weighted by atomic mass is 15.2. The Morgan fingerprint density at radius 2 is 1.80 bits per heavy atom. The van der Waals surface area contributed by atoms with Crippen molar-refractivity contribution in [3.05, 3.63) is 70.9 Å². The monoisotopic (exact) mass is 330 g/mol. The van der Waals surface area contributed by atoms with Crippen LogP contribution in [0, 0.1) is 20.8 Å². The minimum Gasteiger partial charge on any atom is -0.326 e. The minimum atomic E-state index is 0.646. The first-order valence-electron chi connectivity index (χ1n) is 8.65. The second-order valence-corrected chi connectivity index (χ2v) is 6.66. The van der Waals surface area contributed by atoms with E-state index in [-0.39, 0.29) is 0 Å². The molecular formula is C21H22N4. The molecule has 0 saturated carbocycles. The van der Waals surface area contributed by atoms with Crippen molar-refractivity contribution in [1.82, 2.24) is 9.97 Å². The molecule has 4 heteroatoms. The molecule has 0 spiro atoms. The van der Waals surface area contributed by atoms with Crippen molar-refractivity contribution >= 4 is 23.1 Å². The predicted octanol–water partition coefficient (Wildman–Crippen LogP) is 4.84. The molecular weight excluding hydrogens is 308 g/mol. The lowest BCUT2D eigenvalue weighted by Gasteiger charge is -2.20. The number of anilines is 4. The van der Waals surface area contributed by atoms with Crippen LogP contribution in [0.2, 0.25) is 0 Å². The molecule has 2 heterocycles. The smallest absolute Gasteiger partial charge is 0.229 e. The summed E-state index contributed by atoms with van der Waals surface area (Å²) in [5, 5.41) is 3.39. The van der Waals surface area contributed by atoms with Crippen LogP contribution in [-0.2, 0) is 6.42 Å². The molecule has 0 aliphatic carbocycles. The Labute approximate surface area is 148 Å². The molecule has 1 aliphatic rings. The number of para-hydroxylation sites is 1. The van der Waals surface area contributed by atoms with E-state index in [1.807, 2.05) is 6.92 Å². The van der Waals surface area contributed by atoms with Crippen LogP contribution < -0.4 is 10.2 Å². The molecule has 1 aliphatic heterocycles. The van der Waals surface area contributed by atoms with Crippen molar-refractivity contribution in [2.45, 2.75) is 27.2 Å². The Bertz CT molecular complexity index is 933. The minimum absolute atomic E-state index is 0.646. The van der Waals surface area contributed by atoms with Gasteiger partial charge in [-0.3, -0.25) is 0 Å². The molecule has 3 aromatic rings. The molecule has 4 nitrogen and oxygen atoms in total. The highest BCUT2D eigenvalue weighted by Gasteiger charge is 2.21. The fraction of sp³-hybridized carbons (Fsp3) is 0.238. The Kier molecular flexibility index (Phi) is 3.88. The molecule has 1 aromatic heterocycles. The van der Waals surface area contributed by atoms with E-state index in [9.17, 15) is 0 Å². The summed E-state index contributed by atoms with van der Waals surface area (Å²) in [6.07, 6.45) is 1.05. The van der Waals surface area contributed by atoms with E-state index < -0.39 is 0 Å². The van der Waals surface area contributed by atoms with Gasteiger partial charge in [0.25, 0.3) is 0 Å². The fourth-order valence-corrected chi connectivity index (χ4v) is 3.31. The second kappa shape index (κ2) is 6.20. The van der Waals surface area contributed by atoms with E-state index in [0.29, 0.717) is 5.95 Å². The summed E-state index contributed by atoms with van der Waals surface area (Å²) in [6.45, 7) is 7.16. The first kappa shape index (κ1) is 15.6. The Hall–Kier alpha value is -2.88. The lowest BCUT2D eigenvalue weighted by atomic mass is 10.1. The van der Waals surface area contributed by atoms with Gasteiger partial charge in [-0.2, -0.15) is 4.98 Å². The molecule has 25 heavy (non-hydrogen) atoms. The van der Waals surface area contributed by atoms with Crippen molar-refractivity contribution in [1.29, 1.82) is 0 Å². The van der Waals surface area contributed by atoms with Crippen molar-refractivity contribution in [3.63, 3.8) is 0 Å². The Morgan fingerprint density at radius 3 is 2.68 bits per heavy atom. The van der Waals surface area contributed by atoms with Crippen LogP contribution in [0.3, 0.4) is 0 Å². The quantitative estimate of drug-likeness (QED) is 0.746. The zero-order valence-corrected chi connectivity index (χ0v) is 14.9. The largest absolute Gasteiger partial charge is 0.326 e. The first-order valence-corrected chi connectivity index (χ1v) is 8.65. The maximum atomic E-state index is 4.78. The number of nitrogens with zero attached hydrogens (tertiary/aromatic N) is 3. The van der Waals surface area contributed by atoms with Crippen LogP contribution >= 0.6 is 0 Å². The Morgan fingerprint density at radius 1 is 0.960 bits per heavy atom. The summed E-state index contributed by atoms with van der Waals surface area (Å²) in [4.78, 5) is 11.6. The molecule has 0 amide bonds. The third-order valence-electron chi connectivity index (χ3n) is 4.64. The van der Waals surface area contributed by atoms with Crippen LogP contribution in [0.25, 0.3) is 0 Å². The highest BCUT2D eigenvalue weighted by molar-refractivity contribution is 5.69. The van der Waals surface area contributed by atoms with Gasteiger partial charge in [0.2, 0.25) is 5.95 Å². The summed E-state index contributed by atoms with van der Waals surface area (Å²) in [6, 6.07) is 17.0.